The quantitative estimate of drug-likeness (QED) is 0.888. The molecule has 0 aliphatic rings. The zero-order chi connectivity index (χ0) is 11.7. The van der Waals surface area contributed by atoms with Gasteiger partial charge in [-0.1, -0.05) is 22.0 Å². The van der Waals surface area contributed by atoms with Gasteiger partial charge in [0.1, 0.15) is 11.9 Å². The predicted octanol–water partition coefficient (Wildman–Crippen LogP) is 4.03. The fourth-order valence-corrected chi connectivity index (χ4v) is 2.12. The minimum absolute atomic E-state index is 0.179. The maximum atomic E-state index is 13.6. The van der Waals surface area contributed by atoms with Crippen LogP contribution in [0.5, 0.6) is 0 Å². The van der Waals surface area contributed by atoms with Crippen molar-refractivity contribution in [1.82, 2.24) is 0 Å². The van der Waals surface area contributed by atoms with Crippen LogP contribution in [0.4, 0.5) is 4.39 Å². The first-order valence-corrected chi connectivity index (χ1v) is 6.04. The van der Waals surface area contributed by atoms with Gasteiger partial charge in [-0.25, -0.2) is 4.39 Å². The van der Waals surface area contributed by atoms with E-state index in [-0.39, 0.29) is 5.56 Å². The topological polar surface area (TPSA) is 33.4 Å². The van der Waals surface area contributed by atoms with Crippen LogP contribution < -0.4 is 0 Å². The SMILES string of the molecule is OC(c1ccc(Br)cc1F)c1occc1Br. The molecule has 5 heteroatoms. The largest absolute Gasteiger partial charge is 0.465 e. The van der Waals surface area contributed by atoms with E-state index in [9.17, 15) is 9.50 Å². The number of hydrogen-bond acceptors (Lipinski definition) is 2. The summed E-state index contributed by atoms with van der Waals surface area (Å²) in [5.74, 6) is -0.189. The highest BCUT2D eigenvalue weighted by Crippen LogP contribution is 2.31. The van der Waals surface area contributed by atoms with Crippen molar-refractivity contribution in [3.8, 4) is 0 Å². The van der Waals surface area contributed by atoms with E-state index in [4.69, 9.17) is 4.42 Å². The summed E-state index contributed by atoms with van der Waals surface area (Å²) in [5, 5.41) is 9.95. The Bertz CT molecular complexity index is 510. The Kier molecular flexibility index (Phi) is 3.47. The van der Waals surface area contributed by atoms with E-state index >= 15 is 0 Å². The molecule has 0 radical (unpaired) electrons. The summed E-state index contributed by atoms with van der Waals surface area (Å²) in [6.45, 7) is 0. The summed E-state index contributed by atoms with van der Waals surface area (Å²) in [7, 11) is 0. The lowest BCUT2D eigenvalue weighted by Gasteiger charge is -2.10. The third-order valence-electron chi connectivity index (χ3n) is 2.15. The number of benzene rings is 1. The molecule has 2 nitrogen and oxygen atoms in total. The maximum Gasteiger partial charge on any atom is 0.151 e. The Balaban J connectivity index is 2.41. The molecule has 1 aromatic heterocycles. The van der Waals surface area contributed by atoms with Gasteiger partial charge in [0, 0.05) is 10.0 Å². The average molecular weight is 350 g/mol. The molecule has 0 saturated heterocycles. The van der Waals surface area contributed by atoms with Crippen LogP contribution in [-0.4, -0.2) is 5.11 Å². The highest BCUT2D eigenvalue weighted by Gasteiger charge is 2.20. The second kappa shape index (κ2) is 4.69. The summed E-state index contributed by atoms with van der Waals surface area (Å²) in [6, 6.07) is 6.13. The number of halogens is 3. The molecule has 1 aromatic carbocycles. The lowest BCUT2D eigenvalue weighted by atomic mass is 10.1. The van der Waals surface area contributed by atoms with Crippen molar-refractivity contribution in [2.24, 2.45) is 0 Å². The van der Waals surface area contributed by atoms with Gasteiger partial charge in [0.05, 0.1) is 10.7 Å². The average Bonchev–Trinajstić information content (AvgIpc) is 2.63. The zero-order valence-corrected chi connectivity index (χ0v) is 11.1. The smallest absolute Gasteiger partial charge is 0.151 e. The van der Waals surface area contributed by atoms with Crippen LogP contribution in [0.25, 0.3) is 0 Å². The van der Waals surface area contributed by atoms with Crippen molar-refractivity contribution in [3.63, 3.8) is 0 Å². The Morgan fingerprint density at radius 2 is 2.00 bits per heavy atom. The fraction of sp³-hybridized carbons (Fsp3) is 0.0909. The van der Waals surface area contributed by atoms with Gasteiger partial charge in [-0.05, 0) is 34.1 Å². The molecular formula is C11H7Br2FO2. The third kappa shape index (κ3) is 2.21. The van der Waals surface area contributed by atoms with Crippen molar-refractivity contribution < 1.29 is 13.9 Å². The molecule has 1 unspecified atom stereocenters. The van der Waals surface area contributed by atoms with Crippen molar-refractivity contribution in [2.75, 3.05) is 0 Å². The molecule has 0 amide bonds. The molecule has 0 saturated carbocycles. The normalized spacial score (nSPS) is 12.8. The minimum atomic E-state index is -1.11. The lowest BCUT2D eigenvalue weighted by Crippen LogP contribution is -2.01. The standard InChI is InChI=1S/C11H7Br2FO2/c12-6-1-2-7(9(14)5-6)10(15)11-8(13)3-4-16-11/h1-5,10,15H. The first kappa shape index (κ1) is 11.8. The Hall–Kier alpha value is -0.650. The molecular weight excluding hydrogens is 343 g/mol. The second-order valence-corrected chi connectivity index (χ2v) is 4.97. The highest BCUT2D eigenvalue weighted by atomic mass is 79.9. The molecule has 16 heavy (non-hydrogen) atoms. The summed E-state index contributed by atoms with van der Waals surface area (Å²) >= 11 is 6.37. The fourth-order valence-electron chi connectivity index (χ4n) is 1.37. The predicted molar refractivity (Wildman–Crippen MR) is 64.6 cm³/mol. The van der Waals surface area contributed by atoms with Gasteiger partial charge >= 0.3 is 0 Å². The first-order valence-electron chi connectivity index (χ1n) is 4.45. The van der Waals surface area contributed by atoms with Crippen LogP contribution in [0.1, 0.15) is 17.4 Å². The van der Waals surface area contributed by atoms with Crippen molar-refractivity contribution in [3.05, 3.63) is 56.6 Å². The van der Waals surface area contributed by atoms with Gasteiger partial charge in [0.25, 0.3) is 0 Å². The molecule has 0 aliphatic carbocycles. The monoisotopic (exact) mass is 348 g/mol. The van der Waals surface area contributed by atoms with Crippen molar-refractivity contribution >= 4 is 31.9 Å². The van der Waals surface area contributed by atoms with Gasteiger partial charge in [-0.3, -0.25) is 0 Å². The summed E-state index contributed by atoms with van der Waals surface area (Å²) < 4.78 is 19.9. The molecule has 1 N–H and O–H groups in total. The molecule has 0 bridgehead atoms. The number of aliphatic hydroxyl groups excluding tert-OH is 1. The third-order valence-corrected chi connectivity index (χ3v) is 3.30. The van der Waals surface area contributed by atoms with E-state index in [1.54, 1.807) is 12.1 Å². The number of furan rings is 1. The van der Waals surface area contributed by atoms with Gasteiger partial charge in [0.2, 0.25) is 0 Å². The van der Waals surface area contributed by atoms with Gasteiger partial charge < -0.3 is 9.52 Å². The molecule has 0 fully saturated rings. The van der Waals surface area contributed by atoms with Crippen LogP contribution in [0.15, 0.2) is 43.9 Å². The van der Waals surface area contributed by atoms with E-state index in [1.807, 2.05) is 0 Å². The summed E-state index contributed by atoms with van der Waals surface area (Å²) in [4.78, 5) is 0. The molecule has 84 valence electrons. The van der Waals surface area contributed by atoms with Gasteiger partial charge in [-0.2, -0.15) is 0 Å². The van der Waals surface area contributed by atoms with E-state index < -0.39 is 11.9 Å². The Morgan fingerprint density at radius 3 is 2.56 bits per heavy atom. The molecule has 1 atom stereocenters. The molecule has 0 aliphatic heterocycles. The number of rotatable bonds is 2. The van der Waals surface area contributed by atoms with Crippen LogP contribution in [0.2, 0.25) is 0 Å². The molecule has 2 rings (SSSR count). The molecule has 0 spiro atoms. The van der Waals surface area contributed by atoms with Gasteiger partial charge in [-0.15, -0.1) is 0 Å². The molecule has 2 aromatic rings. The lowest BCUT2D eigenvalue weighted by molar-refractivity contribution is 0.183. The van der Waals surface area contributed by atoms with Crippen LogP contribution >= 0.6 is 31.9 Å². The van der Waals surface area contributed by atoms with E-state index in [0.717, 1.165) is 0 Å². The highest BCUT2D eigenvalue weighted by molar-refractivity contribution is 9.10. The maximum absolute atomic E-state index is 13.6. The van der Waals surface area contributed by atoms with Crippen LogP contribution in [0.3, 0.4) is 0 Å². The zero-order valence-electron chi connectivity index (χ0n) is 7.95. The van der Waals surface area contributed by atoms with Gasteiger partial charge in [0.15, 0.2) is 5.76 Å². The summed E-state index contributed by atoms with van der Waals surface area (Å²) in [6.07, 6.45) is 0.317. The van der Waals surface area contributed by atoms with Crippen molar-refractivity contribution in [2.45, 2.75) is 6.10 Å². The molecule has 1 heterocycles. The van der Waals surface area contributed by atoms with E-state index in [2.05, 4.69) is 31.9 Å². The van der Waals surface area contributed by atoms with Crippen molar-refractivity contribution in [1.29, 1.82) is 0 Å². The summed E-state index contributed by atoms with van der Waals surface area (Å²) in [5.41, 5.74) is 0.179. The van der Waals surface area contributed by atoms with Crippen LogP contribution in [0, 0.1) is 5.82 Å². The Labute approximate surface area is 108 Å². The van der Waals surface area contributed by atoms with E-state index in [1.165, 1.54) is 18.4 Å². The number of hydrogen-bond donors (Lipinski definition) is 1. The minimum Gasteiger partial charge on any atom is -0.465 e. The van der Waals surface area contributed by atoms with Crippen LogP contribution in [-0.2, 0) is 0 Å². The first-order chi connectivity index (χ1) is 7.59. The number of aliphatic hydroxyl groups is 1. The van der Waals surface area contributed by atoms with E-state index in [0.29, 0.717) is 14.7 Å². The Morgan fingerprint density at radius 1 is 1.25 bits per heavy atom. The second-order valence-electron chi connectivity index (χ2n) is 3.20.